The molecule has 0 fully saturated rings. The molecule has 4 heteroatoms. The Labute approximate surface area is 101 Å². The Hall–Kier alpha value is -0.930. The summed E-state index contributed by atoms with van der Waals surface area (Å²) in [6, 6.07) is 3.90. The van der Waals surface area contributed by atoms with Gasteiger partial charge in [-0.2, -0.15) is 0 Å². The molecule has 1 unspecified atom stereocenters. The number of methoxy groups -OCH3 is 2. The SMILES string of the molecule is CCC(N)Cc1ccc(OC)c(OC)c1Cl. The molecule has 0 amide bonds. The summed E-state index contributed by atoms with van der Waals surface area (Å²) in [6.45, 7) is 2.05. The van der Waals surface area contributed by atoms with Crippen LogP contribution in [0.25, 0.3) is 0 Å². The normalized spacial score (nSPS) is 12.3. The molecule has 0 saturated heterocycles. The number of hydrogen-bond donors (Lipinski definition) is 1. The van der Waals surface area contributed by atoms with Crippen LogP contribution < -0.4 is 15.2 Å². The van der Waals surface area contributed by atoms with Crippen LogP contribution in [0.15, 0.2) is 12.1 Å². The van der Waals surface area contributed by atoms with Crippen LogP contribution in [0.1, 0.15) is 18.9 Å². The van der Waals surface area contributed by atoms with Gasteiger partial charge in [0.15, 0.2) is 11.5 Å². The summed E-state index contributed by atoms with van der Waals surface area (Å²) in [4.78, 5) is 0. The van der Waals surface area contributed by atoms with E-state index in [0.29, 0.717) is 16.5 Å². The zero-order valence-corrected chi connectivity index (χ0v) is 10.7. The van der Waals surface area contributed by atoms with Gasteiger partial charge in [0.25, 0.3) is 0 Å². The minimum atomic E-state index is 0.121. The molecule has 1 aromatic carbocycles. The highest BCUT2D eigenvalue weighted by molar-refractivity contribution is 6.33. The van der Waals surface area contributed by atoms with Gasteiger partial charge in [0.1, 0.15) is 0 Å². The largest absolute Gasteiger partial charge is 0.493 e. The Morgan fingerprint density at radius 1 is 1.31 bits per heavy atom. The average Bonchev–Trinajstić information content (AvgIpc) is 2.31. The molecular weight excluding hydrogens is 226 g/mol. The van der Waals surface area contributed by atoms with Gasteiger partial charge in [-0.3, -0.25) is 0 Å². The van der Waals surface area contributed by atoms with Gasteiger partial charge in [-0.25, -0.2) is 0 Å². The lowest BCUT2D eigenvalue weighted by Gasteiger charge is -2.14. The maximum atomic E-state index is 6.23. The van der Waals surface area contributed by atoms with Crippen molar-refractivity contribution >= 4 is 11.6 Å². The summed E-state index contributed by atoms with van der Waals surface area (Å²) < 4.78 is 10.4. The van der Waals surface area contributed by atoms with E-state index in [4.69, 9.17) is 26.8 Å². The monoisotopic (exact) mass is 243 g/mol. The first-order valence-electron chi connectivity index (χ1n) is 5.28. The van der Waals surface area contributed by atoms with E-state index < -0.39 is 0 Å². The Kier molecular flexibility index (Phi) is 4.90. The fraction of sp³-hybridized carbons (Fsp3) is 0.500. The molecular formula is C12H18ClNO2. The molecule has 16 heavy (non-hydrogen) atoms. The van der Waals surface area contributed by atoms with E-state index in [9.17, 15) is 0 Å². The van der Waals surface area contributed by atoms with Crippen molar-refractivity contribution < 1.29 is 9.47 Å². The summed E-state index contributed by atoms with van der Waals surface area (Å²) in [5, 5.41) is 0.589. The molecule has 0 spiro atoms. The number of hydrogen-bond acceptors (Lipinski definition) is 3. The average molecular weight is 244 g/mol. The third kappa shape index (κ3) is 2.80. The van der Waals surface area contributed by atoms with Crippen molar-refractivity contribution in [3.05, 3.63) is 22.7 Å². The summed E-state index contributed by atoms with van der Waals surface area (Å²) in [5.41, 5.74) is 6.90. The first-order valence-corrected chi connectivity index (χ1v) is 5.66. The minimum absolute atomic E-state index is 0.121. The van der Waals surface area contributed by atoms with Crippen molar-refractivity contribution in [2.45, 2.75) is 25.8 Å². The van der Waals surface area contributed by atoms with Gasteiger partial charge in [-0.1, -0.05) is 24.6 Å². The highest BCUT2D eigenvalue weighted by atomic mass is 35.5. The van der Waals surface area contributed by atoms with Crippen LogP contribution >= 0.6 is 11.6 Å². The van der Waals surface area contributed by atoms with Gasteiger partial charge in [-0.05, 0) is 24.5 Å². The third-order valence-corrected chi connectivity index (χ3v) is 2.99. The number of halogens is 1. The zero-order valence-electron chi connectivity index (χ0n) is 9.92. The van der Waals surface area contributed by atoms with E-state index in [0.717, 1.165) is 18.4 Å². The van der Waals surface area contributed by atoms with Crippen LogP contribution in [-0.4, -0.2) is 20.3 Å². The standard InChI is InChI=1S/C12H18ClNO2/c1-4-9(14)7-8-5-6-10(15-2)12(16-3)11(8)13/h5-6,9H,4,7,14H2,1-3H3. The maximum absolute atomic E-state index is 6.23. The Morgan fingerprint density at radius 2 is 2.00 bits per heavy atom. The first-order chi connectivity index (χ1) is 7.63. The topological polar surface area (TPSA) is 44.5 Å². The van der Waals surface area contributed by atoms with Crippen LogP contribution in [0, 0.1) is 0 Å². The molecule has 3 nitrogen and oxygen atoms in total. The van der Waals surface area contributed by atoms with Crippen molar-refractivity contribution in [2.75, 3.05) is 14.2 Å². The first kappa shape index (κ1) is 13.1. The lowest BCUT2D eigenvalue weighted by Crippen LogP contribution is -2.21. The van der Waals surface area contributed by atoms with Crippen LogP contribution in [0.3, 0.4) is 0 Å². The second-order valence-corrected chi connectivity index (χ2v) is 4.02. The van der Waals surface area contributed by atoms with Gasteiger partial charge in [0.05, 0.1) is 19.2 Å². The van der Waals surface area contributed by atoms with Gasteiger partial charge in [-0.15, -0.1) is 0 Å². The smallest absolute Gasteiger partial charge is 0.179 e. The Morgan fingerprint density at radius 3 is 2.50 bits per heavy atom. The molecule has 0 heterocycles. The lowest BCUT2D eigenvalue weighted by atomic mass is 10.0. The summed E-state index contributed by atoms with van der Waals surface area (Å²) in [6.07, 6.45) is 1.67. The minimum Gasteiger partial charge on any atom is -0.493 e. The van der Waals surface area contributed by atoms with Crippen molar-refractivity contribution in [3.8, 4) is 11.5 Å². The highest BCUT2D eigenvalue weighted by Crippen LogP contribution is 2.37. The van der Waals surface area contributed by atoms with Gasteiger partial charge in [0.2, 0.25) is 0 Å². The zero-order chi connectivity index (χ0) is 12.1. The molecule has 0 saturated carbocycles. The van der Waals surface area contributed by atoms with Crippen LogP contribution in [0.4, 0.5) is 0 Å². The van der Waals surface area contributed by atoms with E-state index in [-0.39, 0.29) is 6.04 Å². The molecule has 1 aromatic rings. The van der Waals surface area contributed by atoms with Crippen molar-refractivity contribution in [2.24, 2.45) is 5.73 Å². The van der Waals surface area contributed by atoms with Crippen LogP contribution in [0.2, 0.25) is 5.02 Å². The molecule has 0 aliphatic carbocycles. The number of benzene rings is 1. The van der Waals surface area contributed by atoms with Gasteiger partial charge in [0, 0.05) is 6.04 Å². The predicted octanol–water partition coefficient (Wildman–Crippen LogP) is 2.64. The Balaban J connectivity index is 3.04. The molecule has 0 aromatic heterocycles. The summed E-state index contributed by atoms with van der Waals surface area (Å²) in [7, 11) is 3.17. The quantitative estimate of drug-likeness (QED) is 0.865. The van der Waals surface area contributed by atoms with Crippen LogP contribution in [-0.2, 0) is 6.42 Å². The van der Waals surface area contributed by atoms with Gasteiger partial charge >= 0.3 is 0 Å². The van der Waals surface area contributed by atoms with E-state index in [2.05, 4.69) is 6.92 Å². The van der Waals surface area contributed by atoms with Crippen LogP contribution in [0.5, 0.6) is 11.5 Å². The lowest BCUT2D eigenvalue weighted by molar-refractivity contribution is 0.354. The molecule has 0 bridgehead atoms. The van der Waals surface area contributed by atoms with E-state index in [1.165, 1.54) is 0 Å². The molecule has 0 aliphatic rings. The molecule has 1 rings (SSSR count). The maximum Gasteiger partial charge on any atom is 0.179 e. The number of ether oxygens (including phenoxy) is 2. The predicted molar refractivity (Wildman–Crippen MR) is 66.5 cm³/mol. The third-order valence-electron chi connectivity index (χ3n) is 2.57. The summed E-state index contributed by atoms with van der Waals surface area (Å²) in [5.74, 6) is 1.21. The van der Waals surface area contributed by atoms with Gasteiger partial charge < -0.3 is 15.2 Å². The second-order valence-electron chi connectivity index (χ2n) is 3.65. The van der Waals surface area contributed by atoms with E-state index in [1.807, 2.05) is 12.1 Å². The van der Waals surface area contributed by atoms with E-state index in [1.54, 1.807) is 14.2 Å². The second kappa shape index (κ2) is 5.97. The van der Waals surface area contributed by atoms with E-state index >= 15 is 0 Å². The molecule has 0 radical (unpaired) electrons. The summed E-state index contributed by atoms with van der Waals surface area (Å²) >= 11 is 6.23. The van der Waals surface area contributed by atoms with Crippen molar-refractivity contribution in [1.82, 2.24) is 0 Å². The molecule has 90 valence electrons. The fourth-order valence-corrected chi connectivity index (χ4v) is 1.82. The number of nitrogens with two attached hydrogens (primary N) is 1. The highest BCUT2D eigenvalue weighted by Gasteiger charge is 2.14. The fourth-order valence-electron chi connectivity index (χ4n) is 1.51. The molecule has 2 N–H and O–H groups in total. The van der Waals surface area contributed by atoms with Crippen molar-refractivity contribution in [1.29, 1.82) is 0 Å². The van der Waals surface area contributed by atoms with Crippen molar-refractivity contribution in [3.63, 3.8) is 0 Å². The molecule has 1 atom stereocenters. The number of rotatable bonds is 5. The molecule has 0 aliphatic heterocycles. The Bertz CT molecular complexity index is 355.